The molecule has 0 aliphatic heterocycles. The standard InChI is InChI=1S/C19H14FN3O2/c20-16-5-6-17-14(8-15(9-19(24)25)18(17)10-16)7-12-1-3-13(4-2-12)11-22-23-21/h1-8,10H,9,11H2,(H,24,25)/b14-7+. The summed E-state index contributed by atoms with van der Waals surface area (Å²) in [6, 6.07) is 11.9. The lowest BCUT2D eigenvalue weighted by molar-refractivity contribution is -0.135. The topological polar surface area (TPSA) is 86.1 Å². The van der Waals surface area contributed by atoms with Gasteiger partial charge in [-0.1, -0.05) is 35.4 Å². The van der Waals surface area contributed by atoms with Crippen molar-refractivity contribution in [2.75, 3.05) is 0 Å². The highest BCUT2D eigenvalue weighted by Crippen LogP contribution is 2.38. The molecule has 0 unspecified atom stereocenters. The first-order valence-corrected chi connectivity index (χ1v) is 7.61. The minimum Gasteiger partial charge on any atom is -0.481 e. The van der Waals surface area contributed by atoms with E-state index in [1.54, 1.807) is 12.1 Å². The van der Waals surface area contributed by atoms with Crippen LogP contribution in [0.2, 0.25) is 0 Å². The lowest BCUT2D eigenvalue weighted by Gasteiger charge is -2.04. The van der Waals surface area contributed by atoms with Gasteiger partial charge in [-0.3, -0.25) is 4.79 Å². The molecule has 0 radical (unpaired) electrons. The maximum absolute atomic E-state index is 13.5. The molecule has 2 aromatic rings. The predicted octanol–water partition coefficient (Wildman–Crippen LogP) is 5.05. The van der Waals surface area contributed by atoms with Crippen molar-refractivity contribution in [1.82, 2.24) is 0 Å². The average molecular weight is 335 g/mol. The van der Waals surface area contributed by atoms with Gasteiger partial charge in [-0.25, -0.2) is 4.39 Å². The Morgan fingerprint density at radius 3 is 2.64 bits per heavy atom. The van der Waals surface area contributed by atoms with Gasteiger partial charge in [0.15, 0.2) is 0 Å². The van der Waals surface area contributed by atoms with E-state index < -0.39 is 11.8 Å². The van der Waals surface area contributed by atoms with Crippen LogP contribution in [0.4, 0.5) is 4.39 Å². The summed E-state index contributed by atoms with van der Waals surface area (Å²) in [6.07, 6.45) is 3.55. The molecule has 0 spiro atoms. The third-order valence-corrected chi connectivity index (χ3v) is 3.93. The zero-order valence-corrected chi connectivity index (χ0v) is 13.2. The molecular formula is C19H14FN3O2. The van der Waals surface area contributed by atoms with Crippen molar-refractivity contribution in [3.8, 4) is 0 Å². The molecule has 1 aliphatic rings. The Morgan fingerprint density at radius 2 is 1.96 bits per heavy atom. The number of hydrogen-bond donors (Lipinski definition) is 1. The average Bonchev–Trinajstić information content (AvgIpc) is 2.90. The summed E-state index contributed by atoms with van der Waals surface area (Å²) in [5.41, 5.74) is 13.0. The van der Waals surface area contributed by atoms with E-state index in [9.17, 15) is 9.18 Å². The van der Waals surface area contributed by atoms with Crippen molar-refractivity contribution < 1.29 is 14.3 Å². The molecule has 0 bridgehead atoms. The quantitative estimate of drug-likeness (QED) is 0.471. The summed E-state index contributed by atoms with van der Waals surface area (Å²) < 4.78 is 13.5. The van der Waals surface area contributed by atoms with Gasteiger partial charge in [-0.2, -0.15) is 0 Å². The summed E-state index contributed by atoms with van der Waals surface area (Å²) in [5.74, 6) is -1.34. The number of carboxylic acid groups (broad SMARTS) is 1. The van der Waals surface area contributed by atoms with Crippen molar-refractivity contribution in [2.45, 2.75) is 13.0 Å². The van der Waals surface area contributed by atoms with E-state index in [1.807, 2.05) is 30.3 Å². The van der Waals surface area contributed by atoms with Gasteiger partial charge in [0.05, 0.1) is 13.0 Å². The van der Waals surface area contributed by atoms with Crippen molar-refractivity contribution in [1.29, 1.82) is 0 Å². The van der Waals surface area contributed by atoms with Crippen LogP contribution in [-0.4, -0.2) is 11.1 Å². The molecule has 25 heavy (non-hydrogen) atoms. The van der Waals surface area contributed by atoms with E-state index in [0.717, 1.165) is 22.3 Å². The molecule has 3 rings (SSSR count). The van der Waals surface area contributed by atoms with Crippen LogP contribution in [0.3, 0.4) is 0 Å². The summed E-state index contributed by atoms with van der Waals surface area (Å²) in [5, 5.41) is 12.6. The molecule has 0 fully saturated rings. The third kappa shape index (κ3) is 3.76. The Kier molecular flexibility index (Phi) is 4.64. The number of aliphatic carboxylic acids is 1. The molecule has 2 aromatic carbocycles. The number of benzene rings is 2. The van der Waals surface area contributed by atoms with E-state index in [-0.39, 0.29) is 13.0 Å². The molecule has 1 aliphatic carbocycles. The van der Waals surface area contributed by atoms with Crippen LogP contribution in [0.5, 0.6) is 0 Å². The lowest BCUT2D eigenvalue weighted by Crippen LogP contribution is -1.96. The van der Waals surface area contributed by atoms with Gasteiger partial charge in [0.1, 0.15) is 5.82 Å². The van der Waals surface area contributed by atoms with Crippen molar-refractivity contribution in [2.24, 2.45) is 5.11 Å². The maximum atomic E-state index is 13.5. The molecular weight excluding hydrogens is 321 g/mol. The van der Waals surface area contributed by atoms with Gasteiger partial charge in [0.25, 0.3) is 0 Å². The van der Waals surface area contributed by atoms with Crippen LogP contribution in [0.25, 0.3) is 27.7 Å². The molecule has 124 valence electrons. The van der Waals surface area contributed by atoms with Crippen LogP contribution in [0, 0.1) is 5.82 Å². The molecule has 0 atom stereocenters. The van der Waals surface area contributed by atoms with Crippen LogP contribution < -0.4 is 0 Å². The van der Waals surface area contributed by atoms with Gasteiger partial charge >= 0.3 is 5.97 Å². The van der Waals surface area contributed by atoms with Gasteiger partial charge in [-0.05, 0) is 63.2 Å². The zero-order chi connectivity index (χ0) is 17.8. The Labute approximate surface area is 143 Å². The number of carboxylic acids is 1. The van der Waals surface area contributed by atoms with Crippen LogP contribution in [-0.2, 0) is 11.3 Å². The second-order valence-electron chi connectivity index (χ2n) is 5.66. The first-order valence-electron chi connectivity index (χ1n) is 7.61. The zero-order valence-electron chi connectivity index (χ0n) is 13.2. The highest BCUT2D eigenvalue weighted by molar-refractivity contribution is 6.04. The maximum Gasteiger partial charge on any atom is 0.307 e. The first kappa shape index (κ1) is 16.5. The minimum atomic E-state index is -0.954. The highest BCUT2D eigenvalue weighted by Gasteiger charge is 2.20. The van der Waals surface area contributed by atoms with Gasteiger partial charge in [0, 0.05) is 4.91 Å². The number of rotatable bonds is 5. The fraction of sp³-hybridized carbons (Fsp3) is 0.105. The second-order valence-corrected chi connectivity index (χ2v) is 5.66. The van der Waals surface area contributed by atoms with E-state index in [0.29, 0.717) is 11.1 Å². The van der Waals surface area contributed by atoms with Crippen molar-refractivity contribution in [3.63, 3.8) is 0 Å². The van der Waals surface area contributed by atoms with E-state index >= 15 is 0 Å². The molecule has 0 saturated heterocycles. The van der Waals surface area contributed by atoms with E-state index in [1.165, 1.54) is 12.1 Å². The van der Waals surface area contributed by atoms with Gasteiger partial charge in [-0.15, -0.1) is 0 Å². The van der Waals surface area contributed by atoms with Crippen molar-refractivity contribution >= 4 is 23.2 Å². The molecule has 0 heterocycles. The largest absolute Gasteiger partial charge is 0.481 e. The molecule has 0 saturated carbocycles. The predicted molar refractivity (Wildman–Crippen MR) is 93.8 cm³/mol. The lowest BCUT2D eigenvalue weighted by atomic mass is 10.0. The van der Waals surface area contributed by atoms with Gasteiger partial charge in [0.2, 0.25) is 0 Å². The van der Waals surface area contributed by atoms with E-state index in [2.05, 4.69) is 10.0 Å². The number of azide groups is 1. The Bertz CT molecular complexity index is 940. The highest BCUT2D eigenvalue weighted by atomic mass is 19.1. The van der Waals surface area contributed by atoms with Crippen LogP contribution in [0.1, 0.15) is 28.7 Å². The minimum absolute atomic E-state index is 0.154. The Hall–Kier alpha value is -3.37. The summed E-state index contributed by atoms with van der Waals surface area (Å²) in [6.45, 7) is 0.290. The Balaban J connectivity index is 1.96. The van der Waals surface area contributed by atoms with Gasteiger partial charge < -0.3 is 5.11 Å². The van der Waals surface area contributed by atoms with Crippen molar-refractivity contribution in [3.05, 3.63) is 87.1 Å². The second kappa shape index (κ2) is 7.03. The summed E-state index contributed by atoms with van der Waals surface area (Å²) >= 11 is 0. The number of fused-ring (bicyclic) bond motifs is 1. The molecule has 0 amide bonds. The number of allylic oxidation sites excluding steroid dienone is 2. The Morgan fingerprint density at radius 1 is 1.20 bits per heavy atom. The number of hydrogen-bond acceptors (Lipinski definition) is 2. The molecule has 5 nitrogen and oxygen atoms in total. The molecule has 6 heteroatoms. The summed E-state index contributed by atoms with van der Waals surface area (Å²) in [4.78, 5) is 13.8. The molecule has 0 aromatic heterocycles. The molecule has 1 N–H and O–H groups in total. The first-order chi connectivity index (χ1) is 12.1. The normalized spacial score (nSPS) is 14.0. The number of halogens is 1. The smallest absolute Gasteiger partial charge is 0.307 e. The van der Waals surface area contributed by atoms with E-state index in [4.69, 9.17) is 10.6 Å². The summed E-state index contributed by atoms with van der Waals surface area (Å²) in [7, 11) is 0. The number of nitrogens with zero attached hydrogens (tertiary/aromatic N) is 3. The number of carbonyl (C=O) groups is 1. The fourth-order valence-electron chi connectivity index (χ4n) is 2.82. The SMILES string of the molecule is [N-]=[N+]=NCc1ccc(/C=C2\C=C(CC(=O)O)c3cc(F)ccc32)cc1. The monoisotopic (exact) mass is 335 g/mol. The van der Waals surface area contributed by atoms with Crippen LogP contribution in [0.15, 0.2) is 53.7 Å². The third-order valence-electron chi connectivity index (χ3n) is 3.93. The van der Waals surface area contributed by atoms with Crippen LogP contribution >= 0.6 is 0 Å². The fourth-order valence-corrected chi connectivity index (χ4v) is 2.82.